The van der Waals surface area contributed by atoms with E-state index in [2.05, 4.69) is 5.32 Å². The zero-order valence-electron chi connectivity index (χ0n) is 10.8. The van der Waals surface area contributed by atoms with E-state index in [1.807, 2.05) is 61.5 Å². The summed E-state index contributed by atoms with van der Waals surface area (Å²) >= 11 is 6.26. The van der Waals surface area contributed by atoms with Crippen molar-refractivity contribution in [1.29, 1.82) is 0 Å². The molecule has 1 unspecified atom stereocenters. The van der Waals surface area contributed by atoms with Gasteiger partial charge in [-0.1, -0.05) is 48.5 Å². The van der Waals surface area contributed by atoms with Crippen LogP contribution < -0.4 is 5.32 Å². The van der Waals surface area contributed by atoms with Crippen molar-refractivity contribution in [2.75, 3.05) is 6.54 Å². The molecule has 1 atom stereocenters. The number of carbonyl (C=O) groups is 1. The maximum absolute atomic E-state index is 12.0. The van der Waals surface area contributed by atoms with Gasteiger partial charge in [0.25, 0.3) is 5.91 Å². The number of hydrogen-bond donors (Lipinski definition) is 1. The fraction of sp³-hybridized carbons (Fsp3) is 0.188. The molecule has 0 aliphatic heterocycles. The number of rotatable bonds is 4. The van der Waals surface area contributed by atoms with Crippen molar-refractivity contribution in [3.8, 4) is 0 Å². The summed E-state index contributed by atoms with van der Waals surface area (Å²) in [6.45, 7) is 2.34. The standard InChI is InChI=1S/C16H16ClNO/c1-12-7-5-6-10-14(12)16(19)18-11-15(17)13-8-3-2-4-9-13/h2-10,15H,11H2,1H3,(H,18,19). The highest BCUT2D eigenvalue weighted by atomic mass is 35.5. The molecular weight excluding hydrogens is 258 g/mol. The van der Waals surface area contributed by atoms with Crippen molar-refractivity contribution in [1.82, 2.24) is 5.32 Å². The average molecular weight is 274 g/mol. The molecular formula is C16H16ClNO. The summed E-state index contributed by atoms with van der Waals surface area (Å²) in [6, 6.07) is 17.2. The van der Waals surface area contributed by atoms with E-state index < -0.39 is 0 Å². The van der Waals surface area contributed by atoms with Gasteiger partial charge in [0.15, 0.2) is 0 Å². The van der Waals surface area contributed by atoms with Gasteiger partial charge in [-0.25, -0.2) is 0 Å². The second-order valence-electron chi connectivity index (χ2n) is 4.40. The van der Waals surface area contributed by atoms with Crippen molar-refractivity contribution in [2.24, 2.45) is 0 Å². The molecule has 1 N–H and O–H groups in total. The first kappa shape index (κ1) is 13.6. The van der Waals surface area contributed by atoms with Crippen LogP contribution in [-0.2, 0) is 0 Å². The lowest BCUT2D eigenvalue weighted by Crippen LogP contribution is -2.27. The van der Waals surface area contributed by atoms with Crippen LogP contribution in [0.25, 0.3) is 0 Å². The van der Waals surface area contributed by atoms with Gasteiger partial charge in [0.05, 0.1) is 5.38 Å². The Hall–Kier alpha value is -1.80. The van der Waals surface area contributed by atoms with Crippen LogP contribution in [0.1, 0.15) is 26.9 Å². The third kappa shape index (κ3) is 3.58. The number of halogens is 1. The molecule has 0 heterocycles. The summed E-state index contributed by atoms with van der Waals surface area (Å²) in [4.78, 5) is 12.0. The average Bonchev–Trinajstić information content (AvgIpc) is 2.46. The van der Waals surface area contributed by atoms with Crippen molar-refractivity contribution in [2.45, 2.75) is 12.3 Å². The number of alkyl halides is 1. The minimum absolute atomic E-state index is 0.0836. The van der Waals surface area contributed by atoms with Gasteiger partial charge in [-0.05, 0) is 24.1 Å². The van der Waals surface area contributed by atoms with Crippen LogP contribution >= 0.6 is 11.6 Å². The number of nitrogens with one attached hydrogen (secondary N) is 1. The predicted octanol–water partition coefficient (Wildman–Crippen LogP) is 3.70. The zero-order chi connectivity index (χ0) is 13.7. The van der Waals surface area contributed by atoms with Crippen molar-refractivity contribution in [3.05, 3.63) is 71.3 Å². The summed E-state index contributed by atoms with van der Waals surface area (Å²) < 4.78 is 0. The summed E-state index contributed by atoms with van der Waals surface area (Å²) in [5, 5.41) is 2.65. The molecule has 19 heavy (non-hydrogen) atoms. The molecule has 2 nitrogen and oxygen atoms in total. The Labute approximate surface area is 118 Å². The Morgan fingerprint density at radius 1 is 1.11 bits per heavy atom. The summed E-state index contributed by atoms with van der Waals surface area (Å²) in [6.07, 6.45) is 0. The van der Waals surface area contributed by atoms with Crippen LogP contribution in [0, 0.1) is 6.92 Å². The third-order valence-electron chi connectivity index (χ3n) is 2.99. The summed E-state index contributed by atoms with van der Waals surface area (Å²) in [5.41, 5.74) is 2.67. The molecule has 0 fully saturated rings. The van der Waals surface area contributed by atoms with Crippen molar-refractivity contribution >= 4 is 17.5 Å². The van der Waals surface area contributed by atoms with E-state index in [-0.39, 0.29) is 11.3 Å². The monoisotopic (exact) mass is 273 g/mol. The normalized spacial score (nSPS) is 11.9. The Kier molecular flexibility index (Phi) is 4.58. The second kappa shape index (κ2) is 6.39. The Balaban J connectivity index is 1.96. The van der Waals surface area contributed by atoms with Gasteiger partial charge in [-0.2, -0.15) is 0 Å². The first-order chi connectivity index (χ1) is 9.18. The molecule has 0 aliphatic rings. The molecule has 0 bridgehead atoms. The molecule has 0 spiro atoms. The minimum atomic E-state index is -0.214. The number of carbonyl (C=O) groups excluding carboxylic acids is 1. The van der Waals surface area contributed by atoms with Crippen LogP contribution in [0.4, 0.5) is 0 Å². The second-order valence-corrected chi connectivity index (χ2v) is 4.93. The summed E-state index contributed by atoms with van der Waals surface area (Å²) in [7, 11) is 0. The molecule has 0 saturated carbocycles. The van der Waals surface area contributed by atoms with Gasteiger partial charge in [0.1, 0.15) is 0 Å². The molecule has 1 amide bonds. The molecule has 2 rings (SSSR count). The van der Waals surface area contributed by atoms with Gasteiger partial charge in [-0.15, -0.1) is 11.6 Å². The molecule has 0 saturated heterocycles. The van der Waals surface area contributed by atoms with E-state index in [0.717, 1.165) is 11.1 Å². The van der Waals surface area contributed by atoms with Gasteiger partial charge in [0.2, 0.25) is 0 Å². The topological polar surface area (TPSA) is 29.1 Å². The smallest absolute Gasteiger partial charge is 0.251 e. The molecule has 98 valence electrons. The first-order valence-corrected chi connectivity index (χ1v) is 6.65. The van der Waals surface area contributed by atoms with E-state index in [4.69, 9.17) is 11.6 Å². The molecule has 0 radical (unpaired) electrons. The van der Waals surface area contributed by atoms with E-state index in [1.165, 1.54) is 0 Å². The summed E-state index contributed by atoms with van der Waals surface area (Å²) in [5.74, 6) is -0.0836. The maximum atomic E-state index is 12.0. The molecule has 2 aromatic rings. The lowest BCUT2D eigenvalue weighted by atomic mass is 10.1. The third-order valence-corrected chi connectivity index (χ3v) is 3.40. The van der Waals surface area contributed by atoms with Crippen LogP contribution in [-0.4, -0.2) is 12.5 Å². The highest BCUT2D eigenvalue weighted by Crippen LogP contribution is 2.19. The fourth-order valence-corrected chi connectivity index (χ4v) is 2.11. The molecule has 0 aliphatic carbocycles. The quantitative estimate of drug-likeness (QED) is 0.846. The van der Waals surface area contributed by atoms with Crippen LogP contribution in [0.5, 0.6) is 0 Å². The van der Waals surface area contributed by atoms with Crippen LogP contribution in [0.15, 0.2) is 54.6 Å². The van der Waals surface area contributed by atoms with Crippen LogP contribution in [0.2, 0.25) is 0 Å². The lowest BCUT2D eigenvalue weighted by molar-refractivity contribution is 0.0953. The zero-order valence-corrected chi connectivity index (χ0v) is 11.5. The lowest BCUT2D eigenvalue weighted by Gasteiger charge is -2.12. The van der Waals surface area contributed by atoms with Gasteiger partial charge >= 0.3 is 0 Å². The van der Waals surface area contributed by atoms with Crippen LogP contribution in [0.3, 0.4) is 0 Å². The van der Waals surface area contributed by atoms with Gasteiger partial charge < -0.3 is 5.32 Å². The van der Waals surface area contributed by atoms with E-state index in [0.29, 0.717) is 12.1 Å². The minimum Gasteiger partial charge on any atom is -0.350 e. The maximum Gasteiger partial charge on any atom is 0.251 e. The first-order valence-electron chi connectivity index (χ1n) is 6.21. The number of amides is 1. The van der Waals surface area contributed by atoms with Crippen molar-refractivity contribution in [3.63, 3.8) is 0 Å². The molecule has 3 heteroatoms. The fourth-order valence-electron chi connectivity index (χ4n) is 1.88. The Morgan fingerprint density at radius 2 is 1.74 bits per heavy atom. The van der Waals surface area contributed by atoms with E-state index in [1.54, 1.807) is 0 Å². The Morgan fingerprint density at radius 3 is 2.42 bits per heavy atom. The highest BCUT2D eigenvalue weighted by molar-refractivity contribution is 6.21. The largest absolute Gasteiger partial charge is 0.350 e. The number of hydrogen-bond acceptors (Lipinski definition) is 1. The SMILES string of the molecule is Cc1ccccc1C(=O)NCC(Cl)c1ccccc1. The molecule has 2 aromatic carbocycles. The number of benzene rings is 2. The Bertz CT molecular complexity index is 554. The van der Waals surface area contributed by atoms with Crippen molar-refractivity contribution < 1.29 is 4.79 Å². The number of aryl methyl sites for hydroxylation is 1. The van der Waals surface area contributed by atoms with E-state index in [9.17, 15) is 4.79 Å². The van der Waals surface area contributed by atoms with Gasteiger partial charge in [0, 0.05) is 12.1 Å². The molecule has 0 aromatic heterocycles. The van der Waals surface area contributed by atoms with Gasteiger partial charge in [-0.3, -0.25) is 4.79 Å². The highest BCUT2D eigenvalue weighted by Gasteiger charge is 2.11. The van der Waals surface area contributed by atoms with E-state index >= 15 is 0 Å². The predicted molar refractivity (Wildman–Crippen MR) is 78.5 cm³/mol.